The number of piperazine rings is 1. The van der Waals surface area contributed by atoms with E-state index in [0.29, 0.717) is 37.8 Å². The van der Waals surface area contributed by atoms with Gasteiger partial charge in [-0.2, -0.15) is 5.10 Å². The molecule has 3 atom stereocenters. The van der Waals surface area contributed by atoms with Crippen molar-refractivity contribution in [1.29, 1.82) is 0 Å². The Labute approximate surface area is 271 Å². The van der Waals surface area contributed by atoms with Crippen molar-refractivity contribution in [2.75, 3.05) is 56.5 Å². The minimum atomic E-state index is -0.812. The van der Waals surface area contributed by atoms with Gasteiger partial charge in [-0.1, -0.05) is 35.9 Å². The molecule has 4 heterocycles. The lowest BCUT2D eigenvalue weighted by Gasteiger charge is -2.37. The summed E-state index contributed by atoms with van der Waals surface area (Å²) in [6, 6.07) is 11.1. The number of carbonyl (C=O) groups is 2. The average Bonchev–Trinajstić information content (AvgIpc) is 3.02. The maximum Gasteiger partial charge on any atom is 0.287 e. The largest absolute Gasteiger partial charge is 0.378 e. The Kier molecular flexibility index (Phi) is 9.39. The summed E-state index contributed by atoms with van der Waals surface area (Å²) in [6.07, 6.45) is 2.82. The molecule has 2 amide bonds. The van der Waals surface area contributed by atoms with Gasteiger partial charge in [-0.25, -0.2) is 13.5 Å². The first-order valence-corrected chi connectivity index (χ1v) is 16.0. The summed E-state index contributed by atoms with van der Waals surface area (Å²) in [5.41, 5.74) is 3.06. The molecule has 0 aliphatic carbocycles. The maximum absolute atomic E-state index is 14.9. The quantitative estimate of drug-likeness (QED) is 0.374. The van der Waals surface area contributed by atoms with Crippen molar-refractivity contribution in [3.8, 4) is 0 Å². The van der Waals surface area contributed by atoms with Crippen molar-refractivity contribution >= 4 is 34.8 Å². The van der Waals surface area contributed by atoms with E-state index in [1.165, 1.54) is 21.9 Å². The number of aryl methyl sites for hydroxylation is 1. The van der Waals surface area contributed by atoms with Crippen molar-refractivity contribution in [3.63, 3.8) is 0 Å². The third-order valence-corrected chi connectivity index (χ3v) is 9.69. The fraction of sp³-hybridized carbons (Fsp3) is 0.455. The van der Waals surface area contributed by atoms with E-state index in [-0.39, 0.29) is 46.6 Å². The van der Waals surface area contributed by atoms with Gasteiger partial charge in [0.15, 0.2) is 0 Å². The van der Waals surface area contributed by atoms with Gasteiger partial charge in [0.25, 0.3) is 5.56 Å². The molecule has 244 valence electrons. The molecule has 2 aromatic carbocycles. The number of nitrogens with zero attached hydrogens (tertiary/aromatic N) is 5. The van der Waals surface area contributed by atoms with Gasteiger partial charge in [-0.3, -0.25) is 24.6 Å². The number of hydrogen-bond acceptors (Lipinski definition) is 8. The van der Waals surface area contributed by atoms with E-state index in [2.05, 4.69) is 56.8 Å². The summed E-state index contributed by atoms with van der Waals surface area (Å²) >= 11 is 6.29. The third kappa shape index (κ3) is 6.93. The molecule has 6 rings (SSSR count). The molecule has 0 saturated carbocycles. The maximum atomic E-state index is 14.9. The average molecular weight is 654 g/mol. The van der Waals surface area contributed by atoms with Crippen LogP contribution in [-0.2, 0) is 23.2 Å². The zero-order valence-corrected chi connectivity index (χ0v) is 26.7. The second-order valence-electron chi connectivity index (χ2n) is 12.6. The van der Waals surface area contributed by atoms with Crippen molar-refractivity contribution in [2.24, 2.45) is 7.05 Å². The van der Waals surface area contributed by atoms with Crippen LogP contribution in [0.3, 0.4) is 0 Å². The fourth-order valence-electron chi connectivity index (χ4n) is 6.85. The van der Waals surface area contributed by atoms with Crippen LogP contribution in [0, 0.1) is 11.6 Å². The van der Waals surface area contributed by atoms with Gasteiger partial charge < -0.3 is 15.1 Å². The molecule has 3 unspecified atom stereocenters. The number of amides is 2. The highest BCUT2D eigenvalue weighted by molar-refractivity contribution is 6.32. The summed E-state index contributed by atoms with van der Waals surface area (Å²) in [4.78, 5) is 42.6. The number of aromatic nitrogens is 2. The molecule has 13 heteroatoms. The second kappa shape index (κ2) is 13.5. The Morgan fingerprint density at radius 1 is 1.00 bits per heavy atom. The van der Waals surface area contributed by atoms with E-state index in [1.54, 1.807) is 13.2 Å². The molecule has 3 aliphatic heterocycles. The number of benzene rings is 2. The van der Waals surface area contributed by atoms with E-state index < -0.39 is 23.5 Å². The van der Waals surface area contributed by atoms with Crippen molar-refractivity contribution < 1.29 is 18.4 Å². The molecule has 46 heavy (non-hydrogen) atoms. The molecule has 0 bridgehead atoms. The van der Waals surface area contributed by atoms with Crippen LogP contribution in [0.25, 0.3) is 0 Å². The molecule has 3 aromatic rings. The van der Waals surface area contributed by atoms with Crippen LogP contribution in [0.1, 0.15) is 47.8 Å². The lowest BCUT2D eigenvalue weighted by atomic mass is 9.87. The van der Waals surface area contributed by atoms with Crippen LogP contribution in [0.5, 0.6) is 0 Å². The molecule has 3 aliphatic rings. The van der Waals surface area contributed by atoms with E-state index >= 15 is 0 Å². The Morgan fingerprint density at radius 2 is 1.74 bits per heavy atom. The molecule has 10 nitrogen and oxygen atoms in total. The Hall–Kier alpha value is -3.87. The van der Waals surface area contributed by atoms with E-state index in [9.17, 15) is 23.2 Å². The lowest BCUT2D eigenvalue weighted by molar-refractivity contribution is -0.134. The number of rotatable bonds is 7. The first-order valence-electron chi connectivity index (χ1n) is 15.6. The standard InChI is InChI=1S/C33H38ClF2N7O3/c1-40-18-22(13-23(19-40)38-28-16-37-41(2)33(46)31(28)34)21-5-3-20(4-6-21)17-42-9-11-43(12-10-42)29-14-25(26(35)15-27(29)36)24-7-8-30(44)39-32(24)45/h3-6,14-16,22-24,38H,7-13,17-19H2,1-2H3,(H,39,44,45). The fourth-order valence-corrected chi connectivity index (χ4v) is 7.08. The number of carbonyl (C=O) groups excluding carboxylic acids is 2. The summed E-state index contributed by atoms with van der Waals surface area (Å²) in [6.45, 7) is 5.03. The molecular weight excluding hydrogens is 616 g/mol. The lowest BCUT2D eigenvalue weighted by Crippen LogP contribution is -2.46. The number of piperidine rings is 2. The number of likely N-dealkylation sites (tertiary alicyclic amines) is 1. The van der Waals surface area contributed by atoms with Gasteiger partial charge in [-0.05, 0) is 43.0 Å². The Morgan fingerprint density at radius 3 is 2.46 bits per heavy atom. The number of anilines is 2. The summed E-state index contributed by atoms with van der Waals surface area (Å²) < 4.78 is 30.8. The molecule has 3 fully saturated rings. The Bertz CT molecular complexity index is 1680. The SMILES string of the molecule is CN1CC(Nc2cnn(C)c(=O)c2Cl)CC(c2ccc(CN3CCN(c4cc(C5CCC(=O)NC5=O)c(F)cc4F)CC3)cc2)C1. The summed E-state index contributed by atoms with van der Waals surface area (Å²) in [5.74, 6) is -2.85. The predicted octanol–water partition coefficient (Wildman–Crippen LogP) is 3.45. The van der Waals surface area contributed by atoms with Crippen LogP contribution in [0.4, 0.5) is 20.2 Å². The van der Waals surface area contributed by atoms with Gasteiger partial charge >= 0.3 is 0 Å². The first kappa shape index (κ1) is 32.1. The van der Waals surface area contributed by atoms with Gasteiger partial charge in [0, 0.05) is 77.0 Å². The minimum Gasteiger partial charge on any atom is -0.378 e. The molecule has 0 spiro atoms. The smallest absolute Gasteiger partial charge is 0.287 e. The number of likely N-dealkylation sites (N-methyl/N-ethyl adjacent to an activating group) is 1. The zero-order chi connectivity index (χ0) is 32.5. The van der Waals surface area contributed by atoms with E-state index in [4.69, 9.17) is 11.6 Å². The number of halogens is 3. The second-order valence-corrected chi connectivity index (χ2v) is 13.0. The first-order chi connectivity index (χ1) is 22.0. The van der Waals surface area contributed by atoms with Crippen LogP contribution in [0.15, 0.2) is 47.4 Å². The topological polar surface area (TPSA) is 103 Å². The molecule has 3 saturated heterocycles. The monoisotopic (exact) mass is 653 g/mol. The molecule has 0 radical (unpaired) electrons. The highest BCUT2D eigenvalue weighted by Gasteiger charge is 2.32. The van der Waals surface area contributed by atoms with Crippen molar-refractivity contribution in [2.45, 2.75) is 43.7 Å². The summed E-state index contributed by atoms with van der Waals surface area (Å²) in [5, 5.41) is 9.92. The van der Waals surface area contributed by atoms with Crippen molar-refractivity contribution in [3.05, 3.63) is 86.3 Å². The van der Waals surface area contributed by atoms with Crippen molar-refractivity contribution in [1.82, 2.24) is 24.9 Å². The van der Waals surface area contributed by atoms with Crippen LogP contribution in [0.2, 0.25) is 5.02 Å². The van der Waals surface area contributed by atoms with Gasteiger partial charge in [-0.15, -0.1) is 0 Å². The number of imide groups is 1. The zero-order valence-electron chi connectivity index (χ0n) is 25.9. The Balaban J connectivity index is 1.05. The highest BCUT2D eigenvalue weighted by Crippen LogP contribution is 2.33. The van der Waals surface area contributed by atoms with Gasteiger partial charge in [0.05, 0.1) is 23.5 Å². The number of hydrogen-bond donors (Lipinski definition) is 2. The molecular formula is C33H38ClF2N7O3. The van der Waals surface area contributed by atoms with E-state index in [0.717, 1.165) is 32.1 Å². The minimum absolute atomic E-state index is 0.108. The highest BCUT2D eigenvalue weighted by atomic mass is 35.5. The third-order valence-electron chi connectivity index (χ3n) is 9.32. The normalized spacial score (nSPS) is 23.0. The van der Waals surface area contributed by atoms with Crippen LogP contribution >= 0.6 is 11.6 Å². The van der Waals surface area contributed by atoms with Crippen LogP contribution in [-0.4, -0.2) is 83.8 Å². The van der Waals surface area contributed by atoms with Crippen LogP contribution < -0.4 is 21.1 Å². The van der Waals surface area contributed by atoms with Gasteiger partial charge in [0.2, 0.25) is 11.8 Å². The predicted molar refractivity (Wildman–Crippen MR) is 172 cm³/mol. The molecule has 2 N–H and O–H groups in total. The molecule has 1 aromatic heterocycles. The van der Waals surface area contributed by atoms with E-state index in [1.807, 2.05) is 4.90 Å². The number of nitrogens with one attached hydrogen (secondary N) is 2. The van der Waals surface area contributed by atoms with Gasteiger partial charge in [0.1, 0.15) is 16.7 Å². The summed E-state index contributed by atoms with van der Waals surface area (Å²) in [7, 11) is 3.66.